The Morgan fingerprint density at radius 1 is 1.25 bits per heavy atom. The van der Waals surface area contributed by atoms with E-state index < -0.39 is 0 Å². The average Bonchev–Trinajstić information content (AvgIpc) is 3.17. The summed E-state index contributed by atoms with van der Waals surface area (Å²) in [5, 5.41) is 7.35. The largest absolute Gasteiger partial charge is 0.490 e. The molecule has 1 amide bonds. The van der Waals surface area contributed by atoms with Crippen LogP contribution in [0.4, 0.5) is 5.82 Å². The predicted octanol–water partition coefficient (Wildman–Crippen LogP) is 3.52. The third-order valence-electron chi connectivity index (χ3n) is 4.68. The van der Waals surface area contributed by atoms with E-state index in [0.717, 1.165) is 30.0 Å². The van der Waals surface area contributed by atoms with Crippen molar-refractivity contribution < 1.29 is 9.53 Å². The molecule has 2 heterocycles. The molecule has 1 fully saturated rings. The molecular formula is C18H21N3O2S. The number of hydrogen-bond acceptors (Lipinski definition) is 4. The zero-order chi connectivity index (χ0) is 16.5. The van der Waals surface area contributed by atoms with Gasteiger partial charge >= 0.3 is 0 Å². The minimum absolute atomic E-state index is 0.0218. The van der Waals surface area contributed by atoms with Crippen LogP contribution in [-0.2, 0) is 11.8 Å². The lowest BCUT2D eigenvalue weighted by molar-refractivity contribution is -0.113. The highest BCUT2D eigenvalue weighted by Gasteiger charge is 2.27. The van der Waals surface area contributed by atoms with Gasteiger partial charge in [-0.2, -0.15) is 5.10 Å². The smallest absolute Gasteiger partial charge is 0.235 e. The molecule has 6 heteroatoms. The van der Waals surface area contributed by atoms with Gasteiger partial charge in [-0.15, -0.1) is 11.8 Å². The number of carbonyl (C=O) groups excluding carboxylic acids is 1. The zero-order valence-electron chi connectivity index (χ0n) is 13.7. The number of fused-ring (bicyclic) bond motifs is 1. The number of carbonyl (C=O) groups is 1. The normalized spacial score (nSPS) is 21.2. The molecular weight excluding hydrogens is 322 g/mol. The van der Waals surface area contributed by atoms with Gasteiger partial charge in [-0.3, -0.25) is 9.48 Å². The van der Waals surface area contributed by atoms with Crippen molar-refractivity contribution in [3.05, 3.63) is 41.6 Å². The van der Waals surface area contributed by atoms with E-state index in [1.807, 2.05) is 25.4 Å². The molecule has 0 radical (unpaired) electrons. The first-order chi connectivity index (χ1) is 11.7. The number of aryl methyl sites for hydroxylation is 1. The van der Waals surface area contributed by atoms with Gasteiger partial charge in [0, 0.05) is 12.6 Å². The van der Waals surface area contributed by atoms with Gasteiger partial charge in [-0.1, -0.05) is 12.1 Å². The molecule has 1 aromatic carbocycles. The fraction of sp³-hybridized carbons (Fsp3) is 0.444. The Morgan fingerprint density at radius 2 is 2.00 bits per heavy atom. The molecule has 5 nitrogen and oxygen atoms in total. The monoisotopic (exact) mass is 343 g/mol. The molecule has 126 valence electrons. The van der Waals surface area contributed by atoms with Gasteiger partial charge in [-0.25, -0.2) is 0 Å². The van der Waals surface area contributed by atoms with Crippen LogP contribution in [-0.4, -0.2) is 27.5 Å². The molecule has 0 spiro atoms. The van der Waals surface area contributed by atoms with Crippen molar-refractivity contribution >= 4 is 23.5 Å². The van der Waals surface area contributed by atoms with Crippen molar-refractivity contribution in [2.75, 3.05) is 11.1 Å². The first kappa shape index (κ1) is 15.6. The minimum Gasteiger partial charge on any atom is -0.490 e. The third kappa shape index (κ3) is 3.02. The number of hydrogen-bond donors (Lipinski definition) is 1. The zero-order valence-corrected chi connectivity index (χ0v) is 14.5. The van der Waals surface area contributed by atoms with Crippen LogP contribution in [0.2, 0.25) is 0 Å². The molecule has 1 unspecified atom stereocenters. The van der Waals surface area contributed by atoms with Crippen LogP contribution >= 0.6 is 11.8 Å². The van der Waals surface area contributed by atoms with Gasteiger partial charge in [0.1, 0.15) is 11.6 Å². The summed E-state index contributed by atoms with van der Waals surface area (Å²) in [6.45, 7) is 0. The highest BCUT2D eigenvalue weighted by molar-refractivity contribution is 8.00. The van der Waals surface area contributed by atoms with Crippen molar-refractivity contribution in [3.8, 4) is 5.75 Å². The van der Waals surface area contributed by atoms with Gasteiger partial charge in [-0.05, 0) is 43.4 Å². The van der Waals surface area contributed by atoms with Crippen molar-refractivity contribution in [2.45, 2.75) is 37.0 Å². The first-order valence-corrected chi connectivity index (χ1v) is 9.45. The summed E-state index contributed by atoms with van der Waals surface area (Å²) >= 11 is 1.63. The molecule has 4 rings (SSSR count). The summed E-state index contributed by atoms with van der Waals surface area (Å²) in [6, 6.07) is 8.30. The van der Waals surface area contributed by atoms with Crippen LogP contribution in [0, 0.1) is 0 Å². The van der Waals surface area contributed by atoms with Gasteiger partial charge in [0.05, 0.1) is 23.3 Å². The molecule has 0 saturated heterocycles. The summed E-state index contributed by atoms with van der Waals surface area (Å²) in [4.78, 5) is 11.9. The van der Waals surface area contributed by atoms with E-state index in [0.29, 0.717) is 11.9 Å². The summed E-state index contributed by atoms with van der Waals surface area (Å²) in [5.74, 6) is 2.19. The van der Waals surface area contributed by atoms with E-state index in [1.165, 1.54) is 18.4 Å². The van der Waals surface area contributed by atoms with Crippen LogP contribution in [0.15, 0.2) is 30.5 Å². The number of nitrogens with one attached hydrogen (secondary N) is 1. The molecule has 1 saturated carbocycles. The summed E-state index contributed by atoms with van der Waals surface area (Å²) in [6.07, 6.45) is 7.08. The van der Waals surface area contributed by atoms with Gasteiger partial charge in [0.2, 0.25) is 5.91 Å². The second-order valence-corrected chi connectivity index (χ2v) is 7.50. The highest BCUT2D eigenvalue weighted by Crippen LogP contribution is 2.41. The van der Waals surface area contributed by atoms with E-state index in [-0.39, 0.29) is 11.2 Å². The maximum Gasteiger partial charge on any atom is 0.235 e. The second-order valence-electron chi connectivity index (χ2n) is 6.40. The van der Waals surface area contributed by atoms with Crippen LogP contribution in [0.3, 0.4) is 0 Å². The maximum absolute atomic E-state index is 11.9. The number of ether oxygens (including phenoxy) is 1. The first-order valence-electron chi connectivity index (χ1n) is 8.40. The van der Waals surface area contributed by atoms with Gasteiger partial charge in [0.15, 0.2) is 0 Å². The maximum atomic E-state index is 11.9. The molecule has 1 aliphatic heterocycles. The Kier molecular flexibility index (Phi) is 4.22. The second kappa shape index (κ2) is 6.51. The molecule has 2 aliphatic rings. The van der Waals surface area contributed by atoms with Gasteiger partial charge < -0.3 is 10.1 Å². The summed E-state index contributed by atoms with van der Waals surface area (Å²) in [7, 11) is 1.85. The molecule has 1 N–H and O–H groups in total. The Hall–Kier alpha value is -1.95. The Labute approximate surface area is 145 Å². The standard InChI is InChI=1S/C18H21N3O2S/c1-21-18-15(10-19-21)17(24-11-16(22)20-18)12-6-8-14(9-7-12)23-13-4-2-3-5-13/h6-10,13,17H,2-5,11H2,1H3,(H,20,22). The lowest BCUT2D eigenvalue weighted by atomic mass is 10.1. The molecule has 1 aromatic heterocycles. The fourth-order valence-corrected chi connectivity index (χ4v) is 4.50. The van der Waals surface area contributed by atoms with Crippen LogP contribution in [0.1, 0.15) is 42.1 Å². The number of thioether (sulfide) groups is 1. The minimum atomic E-state index is 0.0218. The Balaban J connectivity index is 1.57. The van der Waals surface area contributed by atoms with Gasteiger partial charge in [0.25, 0.3) is 0 Å². The van der Waals surface area contributed by atoms with Crippen LogP contribution in [0.5, 0.6) is 5.75 Å². The lowest BCUT2D eigenvalue weighted by Crippen LogP contribution is -2.15. The van der Waals surface area contributed by atoms with Crippen LogP contribution in [0.25, 0.3) is 0 Å². The third-order valence-corrected chi connectivity index (χ3v) is 5.96. The van der Waals surface area contributed by atoms with Crippen molar-refractivity contribution in [1.29, 1.82) is 0 Å². The molecule has 1 aliphatic carbocycles. The highest BCUT2D eigenvalue weighted by atomic mass is 32.2. The average molecular weight is 343 g/mol. The lowest BCUT2D eigenvalue weighted by Gasteiger charge is -2.16. The Bertz CT molecular complexity index is 735. The number of amides is 1. The van der Waals surface area contributed by atoms with Crippen LogP contribution < -0.4 is 10.1 Å². The molecule has 2 aromatic rings. The number of benzene rings is 1. The van der Waals surface area contributed by atoms with Crippen molar-refractivity contribution in [2.24, 2.45) is 7.05 Å². The number of aromatic nitrogens is 2. The SMILES string of the molecule is Cn1ncc2c1NC(=O)CSC2c1ccc(OC2CCCC2)cc1. The van der Waals surface area contributed by atoms with Crippen molar-refractivity contribution in [1.82, 2.24) is 9.78 Å². The number of rotatable bonds is 3. The number of nitrogens with zero attached hydrogens (tertiary/aromatic N) is 2. The fourth-order valence-electron chi connectivity index (χ4n) is 3.41. The molecule has 0 bridgehead atoms. The van der Waals surface area contributed by atoms with E-state index in [2.05, 4.69) is 22.5 Å². The topological polar surface area (TPSA) is 56.2 Å². The summed E-state index contributed by atoms with van der Waals surface area (Å²) < 4.78 is 7.77. The Morgan fingerprint density at radius 3 is 2.75 bits per heavy atom. The van der Waals surface area contributed by atoms with E-state index in [4.69, 9.17) is 4.74 Å². The predicted molar refractivity (Wildman–Crippen MR) is 95.5 cm³/mol. The van der Waals surface area contributed by atoms with E-state index in [1.54, 1.807) is 16.4 Å². The molecule has 1 atom stereocenters. The quantitative estimate of drug-likeness (QED) is 0.926. The number of anilines is 1. The van der Waals surface area contributed by atoms with E-state index in [9.17, 15) is 4.79 Å². The van der Waals surface area contributed by atoms with E-state index >= 15 is 0 Å². The van der Waals surface area contributed by atoms with Crippen molar-refractivity contribution in [3.63, 3.8) is 0 Å². The summed E-state index contributed by atoms with van der Waals surface area (Å²) in [5.41, 5.74) is 2.22. The molecule has 24 heavy (non-hydrogen) atoms.